The standard InChI is InChI=1S/C13H14N6/c1-8-9(2)15-13(17-12(8)18-14)10-7-19-6-4-3-5-11(19)16-10/h3-7H,14H2,1-2H3,(H,15,17,18). The molecule has 0 atom stereocenters. The van der Waals surface area contributed by atoms with Crippen molar-refractivity contribution in [3.63, 3.8) is 0 Å². The van der Waals surface area contributed by atoms with Crippen LogP contribution < -0.4 is 11.3 Å². The van der Waals surface area contributed by atoms with Crippen LogP contribution in [0.25, 0.3) is 17.2 Å². The zero-order valence-corrected chi connectivity index (χ0v) is 10.8. The topological polar surface area (TPSA) is 81.1 Å². The summed E-state index contributed by atoms with van der Waals surface area (Å²) in [5.41, 5.74) is 6.01. The molecule has 0 aromatic carbocycles. The van der Waals surface area contributed by atoms with Crippen molar-refractivity contribution in [3.05, 3.63) is 41.9 Å². The van der Waals surface area contributed by atoms with Crippen molar-refractivity contribution in [2.24, 2.45) is 5.84 Å². The first-order valence-corrected chi connectivity index (χ1v) is 5.95. The van der Waals surface area contributed by atoms with Gasteiger partial charge >= 0.3 is 0 Å². The maximum atomic E-state index is 5.48. The molecule has 0 bridgehead atoms. The van der Waals surface area contributed by atoms with Gasteiger partial charge < -0.3 is 9.83 Å². The molecule has 96 valence electrons. The number of anilines is 1. The van der Waals surface area contributed by atoms with Gasteiger partial charge in [-0.15, -0.1) is 0 Å². The number of hydrogen-bond acceptors (Lipinski definition) is 5. The number of aromatic nitrogens is 4. The van der Waals surface area contributed by atoms with E-state index in [0.717, 1.165) is 22.6 Å². The van der Waals surface area contributed by atoms with Crippen LogP contribution in [0.3, 0.4) is 0 Å². The van der Waals surface area contributed by atoms with Gasteiger partial charge in [-0.05, 0) is 26.0 Å². The highest BCUT2D eigenvalue weighted by Gasteiger charge is 2.11. The van der Waals surface area contributed by atoms with E-state index in [-0.39, 0.29) is 0 Å². The molecule has 0 fully saturated rings. The van der Waals surface area contributed by atoms with E-state index >= 15 is 0 Å². The zero-order valence-electron chi connectivity index (χ0n) is 10.8. The van der Waals surface area contributed by atoms with E-state index in [4.69, 9.17) is 5.84 Å². The number of fused-ring (bicyclic) bond motifs is 1. The molecule has 0 saturated heterocycles. The third-order valence-electron chi connectivity index (χ3n) is 3.12. The van der Waals surface area contributed by atoms with Crippen LogP contribution in [0.4, 0.5) is 5.82 Å². The summed E-state index contributed by atoms with van der Waals surface area (Å²) in [6, 6.07) is 5.83. The van der Waals surface area contributed by atoms with Gasteiger partial charge in [0.2, 0.25) is 0 Å². The smallest absolute Gasteiger partial charge is 0.182 e. The van der Waals surface area contributed by atoms with Gasteiger partial charge in [0, 0.05) is 23.7 Å². The third-order valence-corrected chi connectivity index (χ3v) is 3.12. The van der Waals surface area contributed by atoms with Gasteiger partial charge in [0.05, 0.1) is 0 Å². The average molecular weight is 254 g/mol. The Bertz CT molecular complexity index is 713. The Kier molecular flexibility index (Phi) is 2.64. The lowest BCUT2D eigenvalue weighted by molar-refractivity contribution is 1.05. The maximum Gasteiger partial charge on any atom is 0.182 e. The third kappa shape index (κ3) is 1.92. The molecule has 6 heteroatoms. The summed E-state index contributed by atoms with van der Waals surface area (Å²) in [6.45, 7) is 3.86. The van der Waals surface area contributed by atoms with Crippen LogP contribution in [0.1, 0.15) is 11.3 Å². The van der Waals surface area contributed by atoms with E-state index in [0.29, 0.717) is 11.6 Å². The minimum Gasteiger partial charge on any atom is -0.308 e. The van der Waals surface area contributed by atoms with Gasteiger partial charge in [0.25, 0.3) is 0 Å². The van der Waals surface area contributed by atoms with Crippen molar-refractivity contribution in [2.45, 2.75) is 13.8 Å². The minimum atomic E-state index is 0.569. The van der Waals surface area contributed by atoms with E-state index < -0.39 is 0 Å². The number of nitrogens with one attached hydrogen (secondary N) is 1. The van der Waals surface area contributed by atoms with Gasteiger partial charge in [-0.25, -0.2) is 20.8 Å². The lowest BCUT2D eigenvalue weighted by Crippen LogP contribution is -2.12. The fourth-order valence-electron chi connectivity index (χ4n) is 1.93. The van der Waals surface area contributed by atoms with Crippen LogP contribution in [0.15, 0.2) is 30.6 Å². The summed E-state index contributed by atoms with van der Waals surface area (Å²) in [6.07, 6.45) is 3.84. The van der Waals surface area contributed by atoms with Gasteiger partial charge in [0.15, 0.2) is 5.82 Å². The highest BCUT2D eigenvalue weighted by Crippen LogP contribution is 2.20. The molecule has 3 rings (SSSR count). The second-order valence-corrected chi connectivity index (χ2v) is 4.34. The lowest BCUT2D eigenvalue weighted by atomic mass is 10.2. The van der Waals surface area contributed by atoms with Crippen LogP contribution in [0.5, 0.6) is 0 Å². The van der Waals surface area contributed by atoms with Crippen molar-refractivity contribution >= 4 is 11.5 Å². The van der Waals surface area contributed by atoms with Crippen molar-refractivity contribution in [3.8, 4) is 11.5 Å². The SMILES string of the molecule is Cc1nc(-c2cn3ccccc3n2)nc(NN)c1C. The van der Waals surface area contributed by atoms with Crippen LogP contribution in [0, 0.1) is 13.8 Å². The maximum absolute atomic E-state index is 5.48. The number of hydrazine groups is 1. The van der Waals surface area contributed by atoms with Crippen LogP contribution in [-0.2, 0) is 0 Å². The molecule has 3 N–H and O–H groups in total. The summed E-state index contributed by atoms with van der Waals surface area (Å²) < 4.78 is 1.93. The number of nitrogens with zero attached hydrogens (tertiary/aromatic N) is 4. The number of aryl methyl sites for hydroxylation is 1. The number of hydrogen-bond donors (Lipinski definition) is 2. The monoisotopic (exact) mass is 254 g/mol. The number of pyridine rings is 1. The molecule has 0 radical (unpaired) electrons. The van der Waals surface area contributed by atoms with Gasteiger partial charge in [-0.1, -0.05) is 6.07 Å². The Morgan fingerprint density at radius 1 is 1.16 bits per heavy atom. The van der Waals surface area contributed by atoms with Crippen LogP contribution in [0.2, 0.25) is 0 Å². The highest BCUT2D eigenvalue weighted by atomic mass is 15.3. The van der Waals surface area contributed by atoms with Crippen molar-refractivity contribution < 1.29 is 0 Å². The number of nitrogens with two attached hydrogens (primary N) is 1. The fraction of sp³-hybridized carbons (Fsp3) is 0.154. The van der Waals surface area contributed by atoms with E-state index in [1.807, 2.05) is 48.8 Å². The molecule has 0 spiro atoms. The molecule has 19 heavy (non-hydrogen) atoms. The Morgan fingerprint density at radius 3 is 2.74 bits per heavy atom. The summed E-state index contributed by atoms with van der Waals surface area (Å²) in [7, 11) is 0. The highest BCUT2D eigenvalue weighted by molar-refractivity contribution is 5.59. The molecular formula is C13H14N6. The Morgan fingerprint density at radius 2 is 2.00 bits per heavy atom. The zero-order chi connectivity index (χ0) is 13.4. The summed E-state index contributed by atoms with van der Waals surface area (Å²) in [5, 5.41) is 0. The first-order chi connectivity index (χ1) is 9.19. The Balaban J connectivity index is 2.18. The molecule has 0 saturated carbocycles. The van der Waals surface area contributed by atoms with E-state index in [9.17, 15) is 0 Å². The molecule has 3 heterocycles. The van der Waals surface area contributed by atoms with Crippen LogP contribution in [-0.4, -0.2) is 19.4 Å². The van der Waals surface area contributed by atoms with E-state index in [1.54, 1.807) is 0 Å². The summed E-state index contributed by atoms with van der Waals surface area (Å²) in [4.78, 5) is 13.4. The van der Waals surface area contributed by atoms with Crippen molar-refractivity contribution in [2.75, 3.05) is 5.43 Å². The normalized spacial score (nSPS) is 10.9. The first-order valence-electron chi connectivity index (χ1n) is 5.95. The molecule has 0 aliphatic rings. The molecule has 0 amide bonds. The molecule has 0 unspecified atom stereocenters. The first kappa shape index (κ1) is 11.6. The number of imidazole rings is 1. The average Bonchev–Trinajstić information content (AvgIpc) is 2.85. The predicted octanol–water partition coefficient (Wildman–Crippen LogP) is 1.69. The molecule has 3 aromatic heterocycles. The van der Waals surface area contributed by atoms with E-state index in [1.165, 1.54) is 0 Å². The van der Waals surface area contributed by atoms with Crippen molar-refractivity contribution in [1.82, 2.24) is 19.4 Å². The van der Waals surface area contributed by atoms with Gasteiger partial charge in [0.1, 0.15) is 17.2 Å². The molecule has 0 aliphatic heterocycles. The Labute approximate surface area is 110 Å². The summed E-state index contributed by atoms with van der Waals surface area (Å²) in [5.74, 6) is 6.67. The minimum absolute atomic E-state index is 0.569. The molecule has 3 aromatic rings. The predicted molar refractivity (Wildman–Crippen MR) is 73.5 cm³/mol. The number of rotatable bonds is 2. The lowest BCUT2D eigenvalue weighted by Gasteiger charge is -2.07. The van der Waals surface area contributed by atoms with Crippen molar-refractivity contribution in [1.29, 1.82) is 0 Å². The molecule has 0 aliphatic carbocycles. The summed E-state index contributed by atoms with van der Waals surface area (Å²) >= 11 is 0. The van der Waals surface area contributed by atoms with Crippen LogP contribution >= 0.6 is 0 Å². The molecule has 6 nitrogen and oxygen atoms in total. The van der Waals surface area contributed by atoms with Gasteiger partial charge in [-0.2, -0.15) is 0 Å². The van der Waals surface area contributed by atoms with Gasteiger partial charge in [-0.3, -0.25) is 0 Å². The largest absolute Gasteiger partial charge is 0.308 e. The quantitative estimate of drug-likeness (QED) is 0.537. The fourth-order valence-corrected chi connectivity index (χ4v) is 1.93. The molecular weight excluding hydrogens is 240 g/mol. The Hall–Kier alpha value is -2.47. The number of nitrogen functional groups attached to an aromatic ring is 1. The second kappa shape index (κ2) is 4.33. The second-order valence-electron chi connectivity index (χ2n) is 4.34. The van der Waals surface area contributed by atoms with E-state index in [2.05, 4.69) is 20.4 Å².